The molecular weight excluding hydrogens is 207 g/mol. The van der Waals surface area contributed by atoms with Crippen molar-refractivity contribution in [2.75, 3.05) is 6.16 Å². The van der Waals surface area contributed by atoms with E-state index in [0.717, 1.165) is 0 Å². The van der Waals surface area contributed by atoms with Crippen molar-refractivity contribution in [2.45, 2.75) is 19.3 Å². The quantitative estimate of drug-likeness (QED) is 0.616. The van der Waals surface area contributed by atoms with Gasteiger partial charge in [-0.15, -0.1) is 0 Å². The van der Waals surface area contributed by atoms with Gasteiger partial charge in [0, 0.05) is 5.57 Å². The summed E-state index contributed by atoms with van der Waals surface area (Å²) in [4.78, 5) is 28.1. The predicted octanol–water partition coefficient (Wildman–Crippen LogP) is 0.975. The molecule has 0 aromatic heterocycles. The van der Waals surface area contributed by atoms with Gasteiger partial charge in [-0.05, 0) is 25.2 Å². The fraction of sp³-hybridized carbons (Fsp3) is 0.625. The number of rotatable bonds is 3. The van der Waals surface area contributed by atoms with Crippen molar-refractivity contribution < 1.29 is 24.3 Å². The number of hydrogen-bond donors (Lipinski definition) is 3. The molecule has 6 heteroatoms. The standard InChI is InChI=1S/C8H13O5P/c9-8(10)7-3-1-2-6(4-7)5-14(11,12)13/h4,6H,1-3,5H2,(H,9,10)(H2,11,12,13). The number of aliphatic carboxylic acids is 1. The number of carboxylic acid groups (broad SMARTS) is 1. The maximum absolute atomic E-state index is 10.7. The molecule has 0 radical (unpaired) electrons. The van der Waals surface area contributed by atoms with E-state index in [1.165, 1.54) is 6.08 Å². The molecule has 14 heavy (non-hydrogen) atoms. The third kappa shape index (κ3) is 3.62. The van der Waals surface area contributed by atoms with Crippen molar-refractivity contribution in [1.29, 1.82) is 0 Å². The number of carbonyl (C=O) groups is 1. The van der Waals surface area contributed by atoms with E-state index < -0.39 is 13.6 Å². The average molecular weight is 220 g/mol. The lowest BCUT2D eigenvalue weighted by atomic mass is 9.92. The van der Waals surface area contributed by atoms with E-state index in [-0.39, 0.29) is 17.7 Å². The molecule has 1 rings (SSSR count). The number of carboxylic acids is 1. The molecule has 0 fully saturated rings. The summed E-state index contributed by atoms with van der Waals surface area (Å²) in [5.74, 6) is -1.28. The molecule has 1 unspecified atom stereocenters. The molecule has 1 aliphatic carbocycles. The number of allylic oxidation sites excluding steroid dienone is 1. The molecule has 3 N–H and O–H groups in total. The molecule has 0 heterocycles. The molecule has 0 aliphatic heterocycles. The van der Waals surface area contributed by atoms with Crippen molar-refractivity contribution in [3.8, 4) is 0 Å². The van der Waals surface area contributed by atoms with Gasteiger partial charge in [0.1, 0.15) is 0 Å². The topological polar surface area (TPSA) is 94.8 Å². The average Bonchev–Trinajstić information content (AvgIpc) is 2.01. The molecule has 5 nitrogen and oxygen atoms in total. The van der Waals surface area contributed by atoms with E-state index in [1.807, 2.05) is 0 Å². The summed E-state index contributed by atoms with van der Waals surface area (Å²) in [5, 5.41) is 8.69. The molecule has 0 spiro atoms. The lowest BCUT2D eigenvalue weighted by molar-refractivity contribution is -0.132. The van der Waals surface area contributed by atoms with Crippen LogP contribution in [-0.4, -0.2) is 27.0 Å². The first-order valence-electron chi connectivity index (χ1n) is 4.37. The van der Waals surface area contributed by atoms with Crippen molar-refractivity contribution in [3.05, 3.63) is 11.6 Å². The summed E-state index contributed by atoms with van der Waals surface area (Å²) < 4.78 is 10.7. The molecule has 0 aromatic carbocycles. The van der Waals surface area contributed by atoms with E-state index >= 15 is 0 Å². The van der Waals surface area contributed by atoms with Crippen LogP contribution in [0.1, 0.15) is 19.3 Å². The zero-order chi connectivity index (χ0) is 10.8. The van der Waals surface area contributed by atoms with Gasteiger partial charge in [-0.2, -0.15) is 0 Å². The second kappa shape index (κ2) is 4.26. The minimum atomic E-state index is -4.03. The first kappa shape index (κ1) is 11.4. The Morgan fingerprint density at radius 3 is 2.71 bits per heavy atom. The van der Waals surface area contributed by atoms with Crippen LogP contribution in [0.5, 0.6) is 0 Å². The van der Waals surface area contributed by atoms with Crippen molar-refractivity contribution in [2.24, 2.45) is 5.92 Å². The Hall–Kier alpha value is -0.640. The van der Waals surface area contributed by atoms with E-state index in [9.17, 15) is 9.36 Å². The molecule has 80 valence electrons. The van der Waals surface area contributed by atoms with Gasteiger partial charge >= 0.3 is 13.6 Å². The highest BCUT2D eigenvalue weighted by molar-refractivity contribution is 7.51. The minimum Gasteiger partial charge on any atom is -0.478 e. The van der Waals surface area contributed by atoms with Gasteiger partial charge in [0.2, 0.25) is 0 Å². The summed E-state index contributed by atoms with van der Waals surface area (Å²) in [7, 11) is -4.03. The summed E-state index contributed by atoms with van der Waals surface area (Å²) >= 11 is 0. The highest BCUT2D eigenvalue weighted by atomic mass is 31.2. The summed E-state index contributed by atoms with van der Waals surface area (Å²) in [5.41, 5.74) is 0.273. The highest BCUT2D eigenvalue weighted by Gasteiger charge is 2.24. The Morgan fingerprint density at radius 1 is 1.57 bits per heavy atom. The van der Waals surface area contributed by atoms with Crippen LogP contribution in [0.4, 0.5) is 0 Å². The van der Waals surface area contributed by atoms with Gasteiger partial charge < -0.3 is 14.9 Å². The van der Waals surface area contributed by atoms with Crippen LogP contribution in [0.3, 0.4) is 0 Å². The van der Waals surface area contributed by atoms with Crippen LogP contribution in [0, 0.1) is 5.92 Å². The van der Waals surface area contributed by atoms with Crippen molar-refractivity contribution in [1.82, 2.24) is 0 Å². The highest BCUT2D eigenvalue weighted by Crippen LogP contribution is 2.40. The number of hydrogen-bond acceptors (Lipinski definition) is 2. The minimum absolute atomic E-state index is 0.246. The second-order valence-corrected chi connectivity index (χ2v) is 5.19. The Bertz CT molecular complexity index is 303. The largest absolute Gasteiger partial charge is 0.478 e. The molecule has 1 atom stereocenters. The van der Waals surface area contributed by atoms with Crippen LogP contribution in [0.2, 0.25) is 0 Å². The Labute approximate surface area is 81.6 Å². The van der Waals surface area contributed by atoms with Gasteiger partial charge in [0.15, 0.2) is 0 Å². The SMILES string of the molecule is O=C(O)C1=CC(CP(=O)(O)O)CCC1. The Morgan fingerprint density at radius 2 is 2.21 bits per heavy atom. The fourth-order valence-electron chi connectivity index (χ4n) is 1.63. The zero-order valence-electron chi connectivity index (χ0n) is 7.59. The van der Waals surface area contributed by atoms with Gasteiger partial charge in [0.25, 0.3) is 0 Å². The zero-order valence-corrected chi connectivity index (χ0v) is 8.48. The normalized spacial score (nSPS) is 23.0. The molecule has 1 aliphatic rings. The third-order valence-electron chi connectivity index (χ3n) is 2.20. The van der Waals surface area contributed by atoms with Gasteiger partial charge in [0.05, 0.1) is 6.16 Å². The summed E-state index contributed by atoms with van der Waals surface area (Å²) in [6.07, 6.45) is 3.06. The second-order valence-electron chi connectivity index (χ2n) is 3.50. The third-order valence-corrected chi connectivity index (χ3v) is 3.15. The maximum Gasteiger partial charge on any atom is 0.331 e. The molecule has 0 bridgehead atoms. The monoisotopic (exact) mass is 220 g/mol. The lowest BCUT2D eigenvalue weighted by Crippen LogP contribution is -2.13. The van der Waals surface area contributed by atoms with E-state index in [4.69, 9.17) is 14.9 Å². The van der Waals surface area contributed by atoms with Crippen molar-refractivity contribution >= 4 is 13.6 Å². The fourth-order valence-corrected chi connectivity index (χ4v) is 2.53. The van der Waals surface area contributed by atoms with Crippen LogP contribution < -0.4 is 0 Å². The summed E-state index contributed by atoms with van der Waals surface area (Å²) in [6.45, 7) is 0. The Kier molecular flexibility index (Phi) is 3.48. The maximum atomic E-state index is 10.7. The molecule has 0 saturated heterocycles. The van der Waals surface area contributed by atoms with E-state index in [1.54, 1.807) is 0 Å². The van der Waals surface area contributed by atoms with Crippen LogP contribution in [-0.2, 0) is 9.36 Å². The van der Waals surface area contributed by atoms with Gasteiger partial charge in [-0.25, -0.2) is 4.79 Å². The van der Waals surface area contributed by atoms with Crippen LogP contribution in [0.25, 0.3) is 0 Å². The molecule has 0 aromatic rings. The van der Waals surface area contributed by atoms with Crippen LogP contribution >= 0.6 is 7.60 Å². The van der Waals surface area contributed by atoms with E-state index in [0.29, 0.717) is 19.3 Å². The first-order valence-corrected chi connectivity index (χ1v) is 6.17. The van der Waals surface area contributed by atoms with E-state index in [2.05, 4.69) is 0 Å². The first-order chi connectivity index (χ1) is 6.38. The van der Waals surface area contributed by atoms with Gasteiger partial charge in [-0.1, -0.05) is 6.08 Å². The van der Waals surface area contributed by atoms with Gasteiger partial charge in [-0.3, -0.25) is 4.57 Å². The predicted molar refractivity (Wildman–Crippen MR) is 50.0 cm³/mol. The summed E-state index contributed by atoms with van der Waals surface area (Å²) in [6, 6.07) is 0. The molecule has 0 amide bonds. The van der Waals surface area contributed by atoms with Crippen molar-refractivity contribution in [3.63, 3.8) is 0 Å². The molecular formula is C8H13O5P. The van der Waals surface area contributed by atoms with Crippen LogP contribution in [0.15, 0.2) is 11.6 Å². The smallest absolute Gasteiger partial charge is 0.331 e. The lowest BCUT2D eigenvalue weighted by Gasteiger charge is -2.19. The molecule has 0 saturated carbocycles. The Balaban J connectivity index is 2.68.